The van der Waals surface area contributed by atoms with Crippen molar-refractivity contribution in [2.75, 3.05) is 26.6 Å². The molecule has 1 unspecified atom stereocenters. The second-order valence-corrected chi connectivity index (χ2v) is 6.47. The number of para-hydroxylation sites is 2. The van der Waals surface area contributed by atoms with E-state index in [2.05, 4.69) is 14.8 Å². The van der Waals surface area contributed by atoms with Gasteiger partial charge in [0.05, 0.1) is 44.1 Å². The molecule has 0 saturated heterocycles. The van der Waals surface area contributed by atoms with Gasteiger partial charge in [-0.25, -0.2) is 9.59 Å². The molecule has 0 aliphatic carbocycles. The van der Waals surface area contributed by atoms with Gasteiger partial charge in [-0.1, -0.05) is 19.1 Å². The number of amides is 1. The fraction of sp³-hybridized carbons (Fsp3) is 0.273. The lowest BCUT2D eigenvalue weighted by molar-refractivity contribution is -0.146. The summed E-state index contributed by atoms with van der Waals surface area (Å²) in [6.45, 7) is 1.59. The van der Waals surface area contributed by atoms with Crippen molar-refractivity contribution in [1.29, 1.82) is 0 Å². The van der Waals surface area contributed by atoms with Crippen molar-refractivity contribution in [2.45, 2.75) is 13.3 Å². The van der Waals surface area contributed by atoms with Gasteiger partial charge in [0.15, 0.2) is 5.75 Å². The van der Waals surface area contributed by atoms with Gasteiger partial charge in [0.1, 0.15) is 5.75 Å². The highest BCUT2D eigenvalue weighted by molar-refractivity contribution is 6.03. The molecule has 9 nitrogen and oxygen atoms in total. The fourth-order valence-electron chi connectivity index (χ4n) is 2.70. The van der Waals surface area contributed by atoms with Gasteiger partial charge in [0.2, 0.25) is 5.91 Å². The molecule has 1 N–H and O–H groups in total. The van der Waals surface area contributed by atoms with Crippen LogP contribution in [0.4, 0.5) is 5.69 Å². The summed E-state index contributed by atoms with van der Waals surface area (Å²) in [5, 5.41) is 2.69. The monoisotopic (exact) mass is 429 g/mol. The Labute approximate surface area is 179 Å². The zero-order valence-corrected chi connectivity index (χ0v) is 17.6. The van der Waals surface area contributed by atoms with Crippen LogP contribution in [-0.2, 0) is 23.8 Å². The highest BCUT2D eigenvalue weighted by Crippen LogP contribution is 2.31. The summed E-state index contributed by atoms with van der Waals surface area (Å²) < 4.78 is 19.9. The van der Waals surface area contributed by atoms with Gasteiger partial charge in [-0.15, -0.1) is 0 Å². The zero-order chi connectivity index (χ0) is 23.0. The predicted molar refractivity (Wildman–Crippen MR) is 110 cm³/mol. The highest BCUT2D eigenvalue weighted by Gasteiger charge is 2.21. The molecule has 2 aromatic rings. The molecule has 1 amide bonds. The number of carbonyl (C=O) groups excluding carboxylic acids is 4. The molecule has 0 fully saturated rings. The molecule has 0 aromatic heterocycles. The Balaban J connectivity index is 2.26. The third-order valence-electron chi connectivity index (χ3n) is 4.29. The topological polar surface area (TPSA) is 117 Å². The first-order chi connectivity index (χ1) is 14.8. The molecule has 2 aromatic carbocycles. The smallest absolute Gasteiger partial charge is 0.338 e. The highest BCUT2D eigenvalue weighted by atomic mass is 16.5. The summed E-state index contributed by atoms with van der Waals surface area (Å²) in [4.78, 5) is 47.8. The van der Waals surface area contributed by atoms with Gasteiger partial charge in [-0.05, 0) is 30.3 Å². The zero-order valence-electron chi connectivity index (χ0n) is 17.6. The summed E-state index contributed by atoms with van der Waals surface area (Å²) in [6, 6.07) is 10.9. The summed E-state index contributed by atoms with van der Waals surface area (Å²) >= 11 is 0. The first-order valence-electron chi connectivity index (χ1n) is 9.26. The lowest BCUT2D eigenvalue weighted by Gasteiger charge is -2.14. The van der Waals surface area contributed by atoms with Crippen LogP contribution >= 0.6 is 0 Å². The molecule has 0 radical (unpaired) electrons. The van der Waals surface area contributed by atoms with Crippen LogP contribution in [0.3, 0.4) is 0 Å². The molecule has 0 aliphatic rings. The Morgan fingerprint density at radius 2 is 1.52 bits per heavy atom. The number of methoxy groups -OCH3 is 3. The Morgan fingerprint density at radius 3 is 2.16 bits per heavy atom. The van der Waals surface area contributed by atoms with E-state index in [1.807, 2.05) is 0 Å². The molecule has 0 aliphatic heterocycles. The van der Waals surface area contributed by atoms with E-state index in [4.69, 9.17) is 9.47 Å². The minimum absolute atomic E-state index is 0.0275. The molecule has 0 saturated carbocycles. The van der Waals surface area contributed by atoms with E-state index in [0.29, 0.717) is 11.4 Å². The summed E-state index contributed by atoms with van der Waals surface area (Å²) in [5.74, 6) is -2.39. The van der Waals surface area contributed by atoms with E-state index in [0.717, 1.165) is 0 Å². The van der Waals surface area contributed by atoms with E-state index in [1.54, 1.807) is 31.2 Å². The second kappa shape index (κ2) is 10.8. The van der Waals surface area contributed by atoms with Crippen molar-refractivity contribution in [3.63, 3.8) is 0 Å². The summed E-state index contributed by atoms with van der Waals surface area (Å²) in [6.07, 6.45) is -0.0681. The van der Waals surface area contributed by atoms with E-state index in [-0.39, 0.29) is 23.3 Å². The number of benzene rings is 2. The number of anilines is 1. The van der Waals surface area contributed by atoms with Gasteiger partial charge < -0.3 is 24.3 Å². The Hall–Kier alpha value is -3.88. The number of esters is 3. The maximum Gasteiger partial charge on any atom is 0.338 e. The number of ether oxygens (including phenoxy) is 4. The molecule has 1 atom stereocenters. The average Bonchev–Trinajstić information content (AvgIpc) is 2.78. The van der Waals surface area contributed by atoms with E-state index < -0.39 is 29.7 Å². The largest absolute Gasteiger partial charge is 0.469 e. The fourth-order valence-corrected chi connectivity index (χ4v) is 2.70. The lowest BCUT2D eigenvalue weighted by atomic mass is 10.1. The molecule has 0 heterocycles. The van der Waals surface area contributed by atoms with Crippen LogP contribution in [0.2, 0.25) is 0 Å². The van der Waals surface area contributed by atoms with Gasteiger partial charge in [0.25, 0.3) is 0 Å². The Morgan fingerprint density at radius 1 is 0.871 bits per heavy atom. The minimum atomic E-state index is -0.732. The maximum absolute atomic E-state index is 12.3. The first kappa shape index (κ1) is 23.4. The second-order valence-electron chi connectivity index (χ2n) is 6.47. The van der Waals surface area contributed by atoms with E-state index in [1.165, 1.54) is 39.5 Å². The molecule has 164 valence electrons. The molecule has 2 rings (SSSR count). The molecule has 31 heavy (non-hydrogen) atoms. The predicted octanol–water partition coefficient (Wildman–Crippen LogP) is 3.19. The van der Waals surface area contributed by atoms with Crippen molar-refractivity contribution >= 4 is 29.5 Å². The maximum atomic E-state index is 12.3. The van der Waals surface area contributed by atoms with Gasteiger partial charge in [-0.2, -0.15) is 0 Å². The van der Waals surface area contributed by atoms with Crippen LogP contribution in [0.15, 0.2) is 42.5 Å². The van der Waals surface area contributed by atoms with Crippen molar-refractivity contribution in [3.8, 4) is 11.5 Å². The normalized spacial score (nSPS) is 11.1. The molecular weight excluding hydrogens is 406 g/mol. The van der Waals surface area contributed by atoms with Crippen LogP contribution in [0.25, 0.3) is 0 Å². The first-order valence-corrected chi connectivity index (χ1v) is 9.26. The van der Waals surface area contributed by atoms with Crippen molar-refractivity contribution < 1.29 is 38.1 Å². The molecule has 9 heteroatoms. The minimum Gasteiger partial charge on any atom is -0.469 e. The van der Waals surface area contributed by atoms with Crippen molar-refractivity contribution in [3.05, 3.63) is 53.6 Å². The molecular formula is C22H23NO8. The van der Waals surface area contributed by atoms with E-state index in [9.17, 15) is 19.2 Å². The summed E-state index contributed by atoms with van der Waals surface area (Å²) in [5.41, 5.74) is 0.363. The van der Waals surface area contributed by atoms with E-state index >= 15 is 0 Å². The van der Waals surface area contributed by atoms with Crippen molar-refractivity contribution in [1.82, 2.24) is 0 Å². The van der Waals surface area contributed by atoms with Gasteiger partial charge in [-0.3, -0.25) is 9.59 Å². The quantitative estimate of drug-likeness (QED) is 0.502. The third-order valence-corrected chi connectivity index (χ3v) is 4.29. The van der Waals surface area contributed by atoms with Crippen LogP contribution in [-0.4, -0.2) is 45.1 Å². The van der Waals surface area contributed by atoms with Crippen LogP contribution in [0.5, 0.6) is 11.5 Å². The van der Waals surface area contributed by atoms with Gasteiger partial charge >= 0.3 is 17.9 Å². The van der Waals surface area contributed by atoms with Crippen molar-refractivity contribution in [2.24, 2.45) is 5.92 Å². The number of hydrogen-bond donors (Lipinski definition) is 1. The number of hydrogen-bond acceptors (Lipinski definition) is 8. The Kier molecular flexibility index (Phi) is 8.13. The SMILES string of the molecule is COC(=O)c1ccc(Oc2ccccc2NC(=O)CC(C)C(=O)OC)cc1C(=O)OC. The van der Waals surface area contributed by atoms with Crippen LogP contribution in [0.1, 0.15) is 34.1 Å². The van der Waals surface area contributed by atoms with Crippen LogP contribution < -0.4 is 10.1 Å². The Bertz CT molecular complexity index is 985. The summed E-state index contributed by atoms with van der Waals surface area (Å²) in [7, 11) is 3.65. The third kappa shape index (κ3) is 6.05. The van der Waals surface area contributed by atoms with Gasteiger partial charge in [0, 0.05) is 6.42 Å². The average molecular weight is 429 g/mol. The standard InChI is InChI=1S/C22H23NO8/c1-13(20(25)28-2)11-19(24)23-17-7-5-6-8-18(17)31-14-9-10-15(21(26)29-3)16(12-14)22(27)30-4/h5-10,12-13H,11H2,1-4H3,(H,23,24). The molecule has 0 spiro atoms. The number of carbonyl (C=O) groups is 4. The number of nitrogens with one attached hydrogen (secondary N) is 1. The van der Waals surface area contributed by atoms with Crippen LogP contribution in [0, 0.1) is 5.92 Å². The number of rotatable bonds is 8. The molecule has 0 bridgehead atoms. The lowest BCUT2D eigenvalue weighted by Crippen LogP contribution is -2.21.